The van der Waals surface area contributed by atoms with Crippen molar-refractivity contribution in [3.05, 3.63) is 110 Å². The van der Waals surface area contributed by atoms with Crippen molar-refractivity contribution in [3.63, 3.8) is 0 Å². The number of nitro benzene ring substituents is 1. The molecule has 1 N–H and O–H groups in total. The molecule has 0 bridgehead atoms. The molecule has 0 radical (unpaired) electrons. The third-order valence-electron chi connectivity index (χ3n) is 5.13. The maximum absolute atomic E-state index is 12.8. The van der Waals surface area contributed by atoms with Gasteiger partial charge in [-0.25, -0.2) is 0 Å². The van der Waals surface area contributed by atoms with Gasteiger partial charge in [0.15, 0.2) is 5.76 Å². The molecule has 0 saturated heterocycles. The number of nitro groups is 1. The molecule has 0 aliphatic rings. The van der Waals surface area contributed by atoms with Crippen LogP contribution in [0, 0.1) is 24.0 Å². The molecule has 0 unspecified atom stereocenters. The first-order valence-corrected chi connectivity index (χ1v) is 11.5. The van der Waals surface area contributed by atoms with E-state index in [2.05, 4.69) is 5.32 Å². The molecule has 0 atom stereocenters. The fourth-order valence-electron chi connectivity index (χ4n) is 3.45. The molecule has 4 aromatic rings. The number of carbonyl (C=O) groups is 1. The molecule has 8 nitrogen and oxygen atoms in total. The highest BCUT2D eigenvalue weighted by atomic mass is 35.5. The van der Waals surface area contributed by atoms with Crippen LogP contribution < -0.4 is 14.8 Å². The Morgan fingerprint density at radius 3 is 2.47 bits per heavy atom. The van der Waals surface area contributed by atoms with Gasteiger partial charge in [-0.15, -0.1) is 0 Å². The van der Waals surface area contributed by atoms with Crippen molar-refractivity contribution in [2.75, 3.05) is 5.32 Å². The molecule has 0 saturated carbocycles. The first-order chi connectivity index (χ1) is 17.2. The third-order valence-corrected chi connectivity index (χ3v) is 5.67. The molecule has 0 aliphatic carbocycles. The number of benzene rings is 3. The molecule has 0 spiro atoms. The second-order valence-electron chi connectivity index (χ2n) is 7.88. The van der Waals surface area contributed by atoms with E-state index in [1.54, 1.807) is 12.1 Å². The van der Waals surface area contributed by atoms with Crippen molar-refractivity contribution < 1.29 is 23.6 Å². The number of para-hydroxylation sites is 1. The topological polar surface area (TPSA) is 104 Å². The fraction of sp³-hybridized carbons (Fsp3) is 0.115. The SMILES string of the molecule is Cc1cccc(C)c1OCc1ccc(C(=O)Nc2cc(Oc3ccc(Cl)cc3Cl)cc([N+](=O)[O-])c2)o1. The molecule has 1 heterocycles. The number of nitrogens with zero attached hydrogens (tertiary/aromatic N) is 1. The predicted octanol–water partition coefficient (Wildman–Crippen LogP) is 7.74. The van der Waals surface area contributed by atoms with Crippen LogP contribution in [0.2, 0.25) is 10.0 Å². The summed E-state index contributed by atoms with van der Waals surface area (Å²) in [5.41, 5.74) is 1.83. The average molecular weight is 527 g/mol. The summed E-state index contributed by atoms with van der Waals surface area (Å²) in [6, 6.07) is 17.4. The van der Waals surface area contributed by atoms with Gasteiger partial charge in [0, 0.05) is 17.2 Å². The van der Waals surface area contributed by atoms with Gasteiger partial charge in [-0.2, -0.15) is 0 Å². The van der Waals surface area contributed by atoms with Gasteiger partial charge in [-0.3, -0.25) is 14.9 Å². The van der Waals surface area contributed by atoms with E-state index in [1.165, 1.54) is 36.4 Å². The van der Waals surface area contributed by atoms with Gasteiger partial charge in [-0.1, -0.05) is 41.4 Å². The number of carbonyl (C=O) groups excluding carboxylic acids is 1. The standard InChI is InChI=1S/C26H20Cl2N2O6/c1-15-4-3-5-16(2)25(15)34-14-20-7-9-24(35-20)26(31)29-18-11-19(30(32)33)13-21(12-18)36-23-8-6-17(27)10-22(23)28/h3-13H,14H2,1-2H3,(H,29,31). The molecule has 4 rings (SSSR count). The van der Waals surface area contributed by atoms with Crippen LogP contribution in [0.4, 0.5) is 11.4 Å². The zero-order valence-corrected chi connectivity index (χ0v) is 20.7. The van der Waals surface area contributed by atoms with Crippen molar-refractivity contribution in [1.82, 2.24) is 0 Å². The predicted molar refractivity (Wildman–Crippen MR) is 137 cm³/mol. The minimum Gasteiger partial charge on any atom is -0.485 e. The Kier molecular flexibility index (Phi) is 7.47. The molecule has 1 amide bonds. The van der Waals surface area contributed by atoms with Crippen LogP contribution in [0.25, 0.3) is 0 Å². The summed E-state index contributed by atoms with van der Waals surface area (Å²) < 4.78 is 17.2. The maximum Gasteiger partial charge on any atom is 0.291 e. The first kappa shape index (κ1) is 25.1. The van der Waals surface area contributed by atoms with E-state index < -0.39 is 10.8 Å². The lowest BCUT2D eigenvalue weighted by atomic mass is 10.1. The summed E-state index contributed by atoms with van der Waals surface area (Å²) in [6.45, 7) is 4.03. The number of halogens is 2. The van der Waals surface area contributed by atoms with E-state index in [1.807, 2.05) is 32.0 Å². The average Bonchev–Trinajstić information content (AvgIpc) is 3.30. The summed E-state index contributed by atoms with van der Waals surface area (Å²) >= 11 is 12.0. The van der Waals surface area contributed by atoms with Crippen LogP contribution in [0.3, 0.4) is 0 Å². The molecule has 0 fully saturated rings. The lowest BCUT2D eigenvalue weighted by Gasteiger charge is -2.11. The molecule has 10 heteroatoms. The molecular formula is C26H20Cl2N2O6. The quantitative estimate of drug-likeness (QED) is 0.186. The van der Waals surface area contributed by atoms with Crippen molar-refractivity contribution >= 4 is 40.5 Å². The second kappa shape index (κ2) is 10.7. The number of ether oxygens (including phenoxy) is 2. The van der Waals surface area contributed by atoms with Crippen molar-refractivity contribution in [3.8, 4) is 17.2 Å². The highest BCUT2D eigenvalue weighted by Crippen LogP contribution is 2.35. The van der Waals surface area contributed by atoms with Crippen LogP contribution in [0.1, 0.15) is 27.4 Å². The summed E-state index contributed by atoms with van der Waals surface area (Å²) in [7, 11) is 0. The van der Waals surface area contributed by atoms with Crippen molar-refractivity contribution in [2.45, 2.75) is 20.5 Å². The maximum atomic E-state index is 12.8. The van der Waals surface area contributed by atoms with E-state index in [4.69, 9.17) is 37.1 Å². The summed E-state index contributed by atoms with van der Waals surface area (Å²) in [5.74, 6) is 0.978. The fourth-order valence-corrected chi connectivity index (χ4v) is 3.89. The minimum atomic E-state index is -0.595. The zero-order valence-electron chi connectivity index (χ0n) is 19.2. The Morgan fingerprint density at radius 1 is 1.03 bits per heavy atom. The Balaban J connectivity index is 1.49. The van der Waals surface area contributed by atoms with E-state index >= 15 is 0 Å². The number of non-ortho nitro benzene ring substituents is 1. The first-order valence-electron chi connectivity index (χ1n) is 10.7. The summed E-state index contributed by atoms with van der Waals surface area (Å²) in [5, 5.41) is 14.7. The number of hydrogen-bond donors (Lipinski definition) is 1. The van der Waals surface area contributed by atoms with Crippen LogP contribution in [-0.2, 0) is 6.61 Å². The van der Waals surface area contributed by atoms with Crippen LogP contribution in [0.5, 0.6) is 17.2 Å². The highest BCUT2D eigenvalue weighted by molar-refractivity contribution is 6.35. The van der Waals surface area contributed by atoms with Crippen LogP contribution >= 0.6 is 23.2 Å². The third kappa shape index (κ3) is 5.97. The van der Waals surface area contributed by atoms with E-state index in [9.17, 15) is 14.9 Å². The zero-order chi connectivity index (χ0) is 25.8. The molecule has 36 heavy (non-hydrogen) atoms. The van der Waals surface area contributed by atoms with Gasteiger partial charge in [0.1, 0.15) is 29.6 Å². The normalized spacial score (nSPS) is 10.7. The van der Waals surface area contributed by atoms with E-state index in [0.29, 0.717) is 10.8 Å². The van der Waals surface area contributed by atoms with Crippen molar-refractivity contribution in [1.29, 1.82) is 0 Å². The lowest BCUT2D eigenvalue weighted by molar-refractivity contribution is -0.384. The number of rotatable bonds is 8. The van der Waals surface area contributed by atoms with E-state index in [0.717, 1.165) is 16.9 Å². The largest absolute Gasteiger partial charge is 0.485 e. The van der Waals surface area contributed by atoms with Gasteiger partial charge < -0.3 is 19.2 Å². The molecular weight excluding hydrogens is 507 g/mol. The van der Waals surface area contributed by atoms with Crippen LogP contribution in [0.15, 0.2) is 71.1 Å². The molecule has 3 aromatic carbocycles. The van der Waals surface area contributed by atoms with Gasteiger partial charge in [0.2, 0.25) is 0 Å². The Hall–Kier alpha value is -4.01. The Labute approximate surface area is 216 Å². The van der Waals surface area contributed by atoms with Gasteiger partial charge in [-0.05, 0) is 55.3 Å². The smallest absolute Gasteiger partial charge is 0.291 e. The van der Waals surface area contributed by atoms with Crippen molar-refractivity contribution in [2.24, 2.45) is 0 Å². The summed E-state index contributed by atoms with van der Waals surface area (Å²) in [4.78, 5) is 23.6. The van der Waals surface area contributed by atoms with Gasteiger partial charge in [0.25, 0.3) is 11.6 Å². The number of aryl methyl sites for hydroxylation is 2. The number of nitrogens with one attached hydrogen (secondary N) is 1. The summed E-state index contributed by atoms with van der Waals surface area (Å²) in [6.07, 6.45) is 0. The minimum absolute atomic E-state index is 0.0184. The molecule has 184 valence electrons. The Bertz CT molecular complexity index is 1430. The second-order valence-corrected chi connectivity index (χ2v) is 8.72. The molecule has 1 aromatic heterocycles. The lowest BCUT2D eigenvalue weighted by Crippen LogP contribution is -2.11. The van der Waals surface area contributed by atoms with Gasteiger partial charge >= 0.3 is 0 Å². The van der Waals surface area contributed by atoms with Crippen LogP contribution in [-0.4, -0.2) is 10.8 Å². The monoisotopic (exact) mass is 526 g/mol. The van der Waals surface area contributed by atoms with Gasteiger partial charge in [0.05, 0.1) is 21.7 Å². The number of anilines is 1. The van der Waals surface area contributed by atoms with E-state index in [-0.39, 0.29) is 40.3 Å². The molecule has 0 aliphatic heterocycles. The number of amides is 1. The highest BCUT2D eigenvalue weighted by Gasteiger charge is 2.17. The number of hydrogen-bond acceptors (Lipinski definition) is 6. The Morgan fingerprint density at radius 2 is 1.78 bits per heavy atom. The number of furan rings is 1.